The number of benzene rings is 1. The van der Waals surface area contributed by atoms with Gasteiger partial charge in [-0.1, -0.05) is 12.1 Å². The van der Waals surface area contributed by atoms with E-state index < -0.39 is 0 Å². The molecule has 0 saturated carbocycles. The second-order valence-electron chi connectivity index (χ2n) is 4.04. The fraction of sp³-hybridized carbons (Fsp3) is 0.333. The maximum atomic E-state index is 3.43. The Morgan fingerprint density at radius 3 is 2.93 bits per heavy atom. The topological polar surface area (TPSA) is 17.0 Å². The van der Waals surface area contributed by atoms with E-state index in [1.165, 1.54) is 22.9 Å². The molecule has 2 heterocycles. The third-order valence-corrected chi connectivity index (χ3v) is 3.14. The fourth-order valence-electron chi connectivity index (χ4n) is 2.07. The molecule has 1 N–H and O–H groups in total. The monoisotopic (exact) mass is 186 g/mol. The van der Waals surface area contributed by atoms with Gasteiger partial charge in [-0.15, -0.1) is 0 Å². The summed E-state index contributed by atoms with van der Waals surface area (Å²) in [5.74, 6) is 0. The van der Waals surface area contributed by atoms with Gasteiger partial charge >= 0.3 is 0 Å². The van der Waals surface area contributed by atoms with Gasteiger partial charge in [0.15, 0.2) is 0 Å². The van der Waals surface area contributed by atoms with Crippen LogP contribution >= 0.6 is 0 Å². The van der Waals surface area contributed by atoms with E-state index in [0.717, 1.165) is 6.54 Å². The van der Waals surface area contributed by atoms with Crippen LogP contribution in [-0.2, 0) is 7.05 Å². The lowest BCUT2D eigenvalue weighted by atomic mass is 9.97. The summed E-state index contributed by atoms with van der Waals surface area (Å²) in [6.45, 7) is 1.16. The van der Waals surface area contributed by atoms with Gasteiger partial charge in [0.2, 0.25) is 0 Å². The lowest BCUT2D eigenvalue weighted by Crippen LogP contribution is -2.34. The molecule has 1 aliphatic rings. The Morgan fingerprint density at radius 1 is 1.36 bits per heavy atom. The van der Waals surface area contributed by atoms with Crippen LogP contribution in [0.15, 0.2) is 30.5 Å². The molecule has 0 radical (unpaired) electrons. The van der Waals surface area contributed by atoms with E-state index in [-0.39, 0.29) is 0 Å². The lowest BCUT2D eigenvalue weighted by molar-refractivity contribution is 0.383. The SMILES string of the molecule is Cn1ccc2ccc(C3CCN3)cc21. The number of hydrogen-bond donors (Lipinski definition) is 1. The van der Waals surface area contributed by atoms with Gasteiger partial charge in [0.1, 0.15) is 0 Å². The molecule has 1 saturated heterocycles. The van der Waals surface area contributed by atoms with Crippen LogP contribution in [0.25, 0.3) is 10.9 Å². The van der Waals surface area contributed by atoms with Crippen molar-refractivity contribution in [1.29, 1.82) is 0 Å². The Morgan fingerprint density at radius 2 is 2.21 bits per heavy atom. The van der Waals surface area contributed by atoms with Crippen LogP contribution in [0.1, 0.15) is 18.0 Å². The highest BCUT2D eigenvalue weighted by molar-refractivity contribution is 5.80. The third kappa shape index (κ3) is 1.07. The minimum Gasteiger partial charge on any atom is -0.351 e. The molecule has 72 valence electrons. The van der Waals surface area contributed by atoms with Crippen molar-refractivity contribution < 1.29 is 0 Å². The van der Waals surface area contributed by atoms with Crippen LogP contribution in [0.2, 0.25) is 0 Å². The first-order chi connectivity index (χ1) is 6.84. The smallest absolute Gasteiger partial charge is 0.0481 e. The van der Waals surface area contributed by atoms with Gasteiger partial charge in [0, 0.05) is 24.8 Å². The number of nitrogens with one attached hydrogen (secondary N) is 1. The third-order valence-electron chi connectivity index (χ3n) is 3.14. The molecule has 1 fully saturated rings. The lowest BCUT2D eigenvalue weighted by Gasteiger charge is -2.28. The molecule has 1 atom stereocenters. The quantitative estimate of drug-likeness (QED) is 0.722. The zero-order chi connectivity index (χ0) is 9.54. The zero-order valence-corrected chi connectivity index (χ0v) is 8.33. The van der Waals surface area contributed by atoms with Crippen LogP contribution in [-0.4, -0.2) is 11.1 Å². The van der Waals surface area contributed by atoms with E-state index in [9.17, 15) is 0 Å². The van der Waals surface area contributed by atoms with E-state index in [4.69, 9.17) is 0 Å². The molecule has 2 nitrogen and oxygen atoms in total. The first-order valence-electron chi connectivity index (χ1n) is 5.13. The summed E-state index contributed by atoms with van der Waals surface area (Å²) in [7, 11) is 2.10. The molecule has 3 rings (SSSR count). The van der Waals surface area contributed by atoms with Crippen molar-refractivity contribution in [2.24, 2.45) is 7.05 Å². The Bertz CT molecular complexity index is 466. The maximum absolute atomic E-state index is 3.43. The molecule has 0 aliphatic carbocycles. The van der Waals surface area contributed by atoms with E-state index in [2.05, 4.69) is 47.4 Å². The summed E-state index contributed by atoms with van der Waals surface area (Å²) in [6.07, 6.45) is 3.39. The molecule has 2 heteroatoms. The number of hydrogen-bond acceptors (Lipinski definition) is 1. The first kappa shape index (κ1) is 8.06. The number of nitrogens with zero attached hydrogens (tertiary/aromatic N) is 1. The second-order valence-corrected chi connectivity index (χ2v) is 4.04. The number of aryl methyl sites for hydroxylation is 1. The molecule has 2 aromatic rings. The number of aromatic nitrogens is 1. The van der Waals surface area contributed by atoms with Crippen molar-refractivity contribution in [3.63, 3.8) is 0 Å². The second kappa shape index (κ2) is 2.85. The summed E-state index contributed by atoms with van der Waals surface area (Å²) >= 11 is 0. The van der Waals surface area contributed by atoms with Gasteiger partial charge < -0.3 is 9.88 Å². The van der Waals surface area contributed by atoms with E-state index in [0.29, 0.717) is 6.04 Å². The molecule has 0 amide bonds. The minimum absolute atomic E-state index is 0.592. The largest absolute Gasteiger partial charge is 0.351 e. The molecule has 0 spiro atoms. The number of rotatable bonds is 1. The Labute approximate surface area is 83.5 Å². The van der Waals surface area contributed by atoms with Crippen molar-refractivity contribution in [3.05, 3.63) is 36.0 Å². The van der Waals surface area contributed by atoms with Crippen molar-refractivity contribution >= 4 is 10.9 Å². The van der Waals surface area contributed by atoms with Gasteiger partial charge in [-0.2, -0.15) is 0 Å². The average Bonchev–Trinajstić information content (AvgIpc) is 2.45. The van der Waals surface area contributed by atoms with Gasteiger partial charge in [-0.05, 0) is 36.0 Å². The van der Waals surface area contributed by atoms with Crippen LogP contribution in [0.3, 0.4) is 0 Å². The standard InChI is InChI=1S/C12H14N2/c1-14-7-5-9-2-3-10(8-12(9)14)11-4-6-13-11/h2-3,5,7-8,11,13H,4,6H2,1H3. The average molecular weight is 186 g/mol. The zero-order valence-electron chi connectivity index (χ0n) is 8.33. The highest BCUT2D eigenvalue weighted by Crippen LogP contribution is 2.26. The van der Waals surface area contributed by atoms with E-state index >= 15 is 0 Å². The molecular weight excluding hydrogens is 172 g/mol. The van der Waals surface area contributed by atoms with Crippen LogP contribution in [0, 0.1) is 0 Å². The van der Waals surface area contributed by atoms with Crippen molar-refractivity contribution in [2.75, 3.05) is 6.54 Å². The first-order valence-corrected chi connectivity index (χ1v) is 5.13. The van der Waals surface area contributed by atoms with Crippen molar-refractivity contribution in [1.82, 2.24) is 9.88 Å². The predicted octanol–water partition coefficient (Wildman–Crippen LogP) is 2.21. The van der Waals surface area contributed by atoms with Gasteiger partial charge in [0.25, 0.3) is 0 Å². The molecule has 1 unspecified atom stereocenters. The molecule has 0 bridgehead atoms. The fourth-order valence-corrected chi connectivity index (χ4v) is 2.07. The Kier molecular flexibility index (Phi) is 1.64. The maximum Gasteiger partial charge on any atom is 0.0481 e. The highest BCUT2D eigenvalue weighted by Gasteiger charge is 2.18. The summed E-state index contributed by atoms with van der Waals surface area (Å²) in [5, 5.41) is 4.76. The molecule has 1 aromatic heterocycles. The van der Waals surface area contributed by atoms with Crippen LogP contribution in [0.4, 0.5) is 0 Å². The summed E-state index contributed by atoms with van der Waals surface area (Å²) in [6, 6.07) is 9.50. The highest BCUT2D eigenvalue weighted by atomic mass is 15.0. The van der Waals surface area contributed by atoms with Crippen LogP contribution < -0.4 is 5.32 Å². The van der Waals surface area contributed by atoms with Gasteiger partial charge in [-0.25, -0.2) is 0 Å². The van der Waals surface area contributed by atoms with Crippen molar-refractivity contribution in [3.8, 4) is 0 Å². The molecular formula is C12H14N2. The van der Waals surface area contributed by atoms with Crippen LogP contribution in [0.5, 0.6) is 0 Å². The van der Waals surface area contributed by atoms with E-state index in [1.54, 1.807) is 0 Å². The van der Waals surface area contributed by atoms with Gasteiger partial charge in [-0.3, -0.25) is 0 Å². The Balaban J connectivity index is 2.13. The predicted molar refractivity (Wildman–Crippen MR) is 58.3 cm³/mol. The molecule has 1 aromatic carbocycles. The summed E-state index contributed by atoms with van der Waals surface area (Å²) < 4.78 is 2.18. The number of fused-ring (bicyclic) bond motifs is 1. The van der Waals surface area contributed by atoms with Gasteiger partial charge in [0.05, 0.1) is 0 Å². The Hall–Kier alpha value is -1.28. The normalized spacial score (nSPS) is 21.1. The van der Waals surface area contributed by atoms with E-state index in [1.807, 2.05) is 0 Å². The molecule has 14 heavy (non-hydrogen) atoms. The summed E-state index contributed by atoms with van der Waals surface area (Å²) in [4.78, 5) is 0. The molecule has 1 aliphatic heterocycles. The van der Waals surface area contributed by atoms with Crippen molar-refractivity contribution in [2.45, 2.75) is 12.5 Å². The minimum atomic E-state index is 0.592. The summed E-state index contributed by atoms with van der Waals surface area (Å²) in [5.41, 5.74) is 2.75.